The van der Waals surface area contributed by atoms with Crippen molar-refractivity contribution < 1.29 is 17.9 Å². The van der Waals surface area contributed by atoms with Crippen molar-refractivity contribution >= 4 is 15.8 Å². The average Bonchev–Trinajstić information content (AvgIpc) is 2.36. The van der Waals surface area contributed by atoms with Crippen LogP contribution in [-0.4, -0.2) is 31.4 Å². The van der Waals surface area contributed by atoms with Gasteiger partial charge < -0.3 is 16.2 Å². The van der Waals surface area contributed by atoms with Crippen molar-refractivity contribution in [2.75, 3.05) is 6.54 Å². The molecule has 0 spiro atoms. The zero-order chi connectivity index (χ0) is 15.6. The van der Waals surface area contributed by atoms with E-state index in [1.54, 1.807) is 39.0 Å². The molecule has 0 radical (unpaired) electrons. The van der Waals surface area contributed by atoms with Crippen molar-refractivity contribution in [1.82, 2.24) is 0 Å². The van der Waals surface area contributed by atoms with E-state index in [1.165, 1.54) is 12.1 Å². The summed E-state index contributed by atoms with van der Waals surface area (Å²) in [6, 6.07) is 7.46. The molecule has 4 N–H and O–H groups in total. The predicted molar refractivity (Wildman–Crippen MR) is 75.4 cm³/mol. The monoisotopic (exact) mass is 300 g/mol. The molecule has 1 aromatic carbocycles. The average molecular weight is 300 g/mol. The second-order valence-electron chi connectivity index (χ2n) is 5.41. The fraction of sp³-hybridized carbons (Fsp3) is 0.462. The van der Waals surface area contributed by atoms with Crippen LogP contribution in [0.2, 0.25) is 0 Å². The first kappa shape index (κ1) is 16.6. The van der Waals surface area contributed by atoms with Gasteiger partial charge in [-0.2, -0.15) is 0 Å². The number of benzene rings is 1. The van der Waals surface area contributed by atoms with Crippen LogP contribution in [0.1, 0.15) is 20.8 Å². The van der Waals surface area contributed by atoms with E-state index >= 15 is 0 Å². The number of esters is 1. The second kappa shape index (κ2) is 5.51. The second-order valence-corrected chi connectivity index (χ2v) is 7.62. The molecule has 0 saturated carbocycles. The maximum Gasteiger partial charge on any atom is 0.344 e. The summed E-state index contributed by atoms with van der Waals surface area (Å²) in [4.78, 5) is 9.75. The Labute approximate surface area is 119 Å². The number of hydrogen-bond donors (Lipinski definition) is 2. The van der Waals surface area contributed by atoms with E-state index < -0.39 is 32.8 Å². The topological polar surface area (TPSA) is 112 Å². The number of rotatable bonds is 4. The smallest absolute Gasteiger partial charge is 0.344 e. The third kappa shape index (κ3) is 3.17. The number of hydrogen-bond acceptors (Lipinski definition) is 6. The molecule has 0 heterocycles. The summed E-state index contributed by atoms with van der Waals surface area (Å²) in [5.74, 6) is -1.06. The van der Waals surface area contributed by atoms with Gasteiger partial charge in [0, 0.05) is 6.54 Å². The van der Waals surface area contributed by atoms with Crippen molar-refractivity contribution in [3.63, 3.8) is 0 Å². The normalized spacial score (nSPS) is 15.4. The van der Waals surface area contributed by atoms with Crippen molar-refractivity contribution in [2.45, 2.75) is 36.1 Å². The van der Waals surface area contributed by atoms with Crippen molar-refractivity contribution in [3.8, 4) is 0 Å². The molecule has 0 aliphatic carbocycles. The molecular formula is C13H20N2O4S. The molecule has 0 aromatic heterocycles. The molecule has 112 valence electrons. The first-order valence-corrected chi connectivity index (χ1v) is 7.55. The molecule has 1 aromatic rings. The fourth-order valence-electron chi connectivity index (χ4n) is 1.48. The van der Waals surface area contributed by atoms with Crippen LogP contribution in [0.3, 0.4) is 0 Å². The lowest BCUT2D eigenvalue weighted by Gasteiger charge is -2.29. The highest BCUT2D eigenvalue weighted by atomic mass is 32.2. The molecule has 0 aliphatic heterocycles. The minimum atomic E-state index is -4.14. The van der Waals surface area contributed by atoms with Crippen LogP contribution in [0.5, 0.6) is 0 Å². The van der Waals surface area contributed by atoms with Gasteiger partial charge in [-0.25, -0.2) is 13.2 Å². The highest BCUT2D eigenvalue weighted by Crippen LogP contribution is 2.24. The minimum absolute atomic E-state index is 0.0705. The van der Waals surface area contributed by atoms with Gasteiger partial charge in [0.05, 0.1) is 4.90 Å². The van der Waals surface area contributed by atoms with Crippen LogP contribution in [0.15, 0.2) is 35.2 Å². The largest absolute Gasteiger partial charge is 0.458 e. The molecular weight excluding hydrogens is 280 g/mol. The highest BCUT2D eigenvalue weighted by molar-refractivity contribution is 7.93. The SMILES string of the molecule is CC(C)(C)OC(=O)[C@](N)(CN)S(=O)(=O)c1ccccc1. The number of sulfone groups is 1. The number of carbonyl (C=O) groups is 1. The third-order valence-corrected chi connectivity index (χ3v) is 4.77. The molecule has 0 amide bonds. The van der Waals surface area contributed by atoms with Crippen LogP contribution in [-0.2, 0) is 19.4 Å². The fourth-order valence-corrected chi connectivity index (χ4v) is 2.89. The van der Waals surface area contributed by atoms with Crippen LogP contribution in [0.4, 0.5) is 0 Å². The molecule has 20 heavy (non-hydrogen) atoms. The van der Waals surface area contributed by atoms with E-state index in [-0.39, 0.29) is 4.90 Å². The van der Waals surface area contributed by atoms with Crippen LogP contribution in [0.25, 0.3) is 0 Å². The van der Waals surface area contributed by atoms with Gasteiger partial charge in [-0.15, -0.1) is 0 Å². The molecule has 1 rings (SSSR count). The Morgan fingerprint density at radius 3 is 2.10 bits per heavy atom. The van der Waals surface area contributed by atoms with E-state index in [0.717, 1.165) is 0 Å². The lowest BCUT2D eigenvalue weighted by Crippen LogP contribution is -2.61. The summed E-state index contributed by atoms with van der Waals surface area (Å²) in [6.45, 7) is 4.30. The quantitative estimate of drug-likeness (QED) is 0.779. The molecule has 0 unspecified atom stereocenters. The van der Waals surface area contributed by atoms with Gasteiger partial charge in [-0.3, -0.25) is 0 Å². The molecule has 0 saturated heterocycles. The van der Waals surface area contributed by atoms with Gasteiger partial charge in [0.1, 0.15) is 5.60 Å². The van der Waals surface area contributed by atoms with Gasteiger partial charge in [0.2, 0.25) is 14.7 Å². The minimum Gasteiger partial charge on any atom is -0.458 e. The molecule has 6 nitrogen and oxygen atoms in total. The molecule has 0 fully saturated rings. The van der Waals surface area contributed by atoms with Crippen LogP contribution in [0, 0.1) is 0 Å². The lowest BCUT2D eigenvalue weighted by atomic mass is 10.2. The zero-order valence-electron chi connectivity index (χ0n) is 11.8. The Morgan fingerprint density at radius 2 is 1.70 bits per heavy atom. The molecule has 0 aliphatic rings. The van der Waals surface area contributed by atoms with Gasteiger partial charge in [0.15, 0.2) is 0 Å². The summed E-state index contributed by atoms with van der Waals surface area (Å²) >= 11 is 0. The summed E-state index contributed by atoms with van der Waals surface area (Å²) in [7, 11) is -4.14. The van der Waals surface area contributed by atoms with Crippen LogP contribution >= 0.6 is 0 Å². The molecule has 0 bridgehead atoms. The van der Waals surface area contributed by atoms with Gasteiger partial charge in [-0.05, 0) is 32.9 Å². The van der Waals surface area contributed by atoms with Crippen molar-refractivity contribution in [3.05, 3.63) is 30.3 Å². The maximum atomic E-state index is 12.5. The Kier molecular flexibility index (Phi) is 4.58. The summed E-state index contributed by atoms with van der Waals surface area (Å²) in [5, 5.41) is 0. The standard InChI is InChI=1S/C13H20N2O4S/c1-12(2,3)19-11(16)13(15,9-14)20(17,18)10-7-5-4-6-8-10/h4-8H,9,14-15H2,1-3H3/t13-/m0/s1. The summed E-state index contributed by atoms with van der Waals surface area (Å²) in [5.41, 5.74) is 10.4. The Hall–Kier alpha value is -1.44. The van der Waals surface area contributed by atoms with E-state index in [0.29, 0.717) is 0 Å². The lowest BCUT2D eigenvalue weighted by molar-refractivity contribution is -0.157. The van der Waals surface area contributed by atoms with Gasteiger partial charge >= 0.3 is 5.97 Å². The summed E-state index contributed by atoms with van der Waals surface area (Å²) in [6.07, 6.45) is 0. The summed E-state index contributed by atoms with van der Waals surface area (Å²) < 4.78 is 30.1. The van der Waals surface area contributed by atoms with E-state index in [4.69, 9.17) is 16.2 Å². The third-order valence-electron chi connectivity index (χ3n) is 2.58. The Morgan fingerprint density at radius 1 is 1.20 bits per heavy atom. The van der Waals surface area contributed by atoms with E-state index in [1.807, 2.05) is 0 Å². The number of nitrogens with two attached hydrogens (primary N) is 2. The first-order chi connectivity index (χ1) is 9.04. The van der Waals surface area contributed by atoms with Crippen LogP contribution < -0.4 is 11.5 Å². The predicted octanol–water partition coefficient (Wildman–Crippen LogP) is 0.416. The first-order valence-electron chi connectivity index (χ1n) is 6.07. The van der Waals surface area contributed by atoms with Gasteiger partial charge in [0.25, 0.3) is 0 Å². The molecule has 1 atom stereocenters. The molecule has 7 heteroatoms. The van der Waals surface area contributed by atoms with E-state index in [2.05, 4.69) is 0 Å². The Bertz CT molecular complexity index is 578. The highest BCUT2D eigenvalue weighted by Gasteiger charge is 2.49. The van der Waals surface area contributed by atoms with Crippen molar-refractivity contribution in [2.24, 2.45) is 11.5 Å². The zero-order valence-corrected chi connectivity index (χ0v) is 12.6. The van der Waals surface area contributed by atoms with E-state index in [9.17, 15) is 13.2 Å². The maximum absolute atomic E-state index is 12.5. The van der Waals surface area contributed by atoms with Gasteiger partial charge in [-0.1, -0.05) is 18.2 Å². The number of ether oxygens (including phenoxy) is 1. The number of carbonyl (C=O) groups excluding carboxylic acids is 1. The van der Waals surface area contributed by atoms with Crippen molar-refractivity contribution in [1.29, 1.82) is 0 Å². The Balaban J connectivity index is 3.27.